The number of carbonyl (C=O) groups excluding carboxylic acids is 2. The molecule has 2 rings (SSSR count). The van der Waals surface area contributed by atoms with Gasteiger partial charge in [-0.2, -0.15) is 0 Å². The van der Waals surface area contributed by atoms with E-state index in [-0.39, 0.29) is 17.9 Å². The summed E-state index contributed by atoms with van der Waals surface area (Å²) in [5, 5.41) is 9.55. The molecule has 0 aromatic heterocycles. The van der Waals surface area contributed by atoms with Gasteiger partial charge in [0.15, 0.2) is 0 Å². The zero-order valence-electron chi connectivity index (χ0n) is 17.9. The van der Waals surface area contributed by atoms with Crippen LogP contribution in [0.25, 0.3) is 0 Å². The van der Waals surface area contributed by atoms with Gasteiger partial charge in [-0.15, -0.1) is 0 Å². The maximum atomic E-state index is 12.4. The first-order valence-electron chi connectivity index (χ1n) is 9.97. The van der Waals surface area contributed by atoms with Crippen molar-refractivity contribution in [1.29, 1.82) is 0 Å². The third kappa shape index (κ3) is 6.01. The molecule has 2 heterocycles. The third-order valence-corrected chi connectivity index (χ3v) is 5.10. The summed E-state index contributed by atoms with van der Waals surface area (Å²) in [4.78, 5) is 39.4. The molecule has 8 heteroatoms. The van der Waals surface area contributed by atoms with E-state index >= 15 is 0 Å². The molecule has 2 aliphatic heterocycles. The molecule has 1 N–H and O–H groups in total. The minimum Gasteiger partial charge on any atom is -0.480 e. The molecule has 0 aromatic carbocycles. The summed E-state index contributed by atoms with van der Waals surface area (Å²) in [7, 11) is 0. The van der Waals surface area contributed by atoms with E-state index in [2.05, 4.69) is 0 Å². The Kier molecular flexibility index (Phi) is 6.51. The summed E-state index contributed by atoms with van der Waals surface area (Å²) in [6, 6.07) is -0.858. The lowest BCUT2D eigenvalue weighted by Gasteiger charge is -2.35. The van der Waals surface area contributed by atoms with Crippen molar-refractivity contribution in [2.45, 2.75) is 78.0 Å². The topological polar surface area (TPSA) is 96.4 Å². The van der Waals surface area contributed by atoms with E-state index in [9.17, 15) is 19.5 Å². The van der Waals surface area contributed by atoms with Crippen LogP contribution in [-0.2, 0) is 14.3 Å². The summed E-state index contributed by atoms with van der Waals surface area (Å²) in [6.07, 6.45) is 1.09. The highest BCUT2D eigenvalue weighted by Gasteiger charge is 2.44. The van der Waals surface area contributed by atoms with E-state index in [0.29, 0.717) is 26.1 Å². The summed E-state index contributed by atoms with van der Waals surface area (Å²) < 4.78 is 10.8. The minimum atomic E-state index is -1.00. The molecule has 0 saturated carbocycles. The zero-order chi connectivity index (χ0) is 21.3. The van der Waals surface area contributed by atoms with Crippen molar-refractivity contribution in [3.05, 3.63) is 0 Å². The van der Waals surface area contributed by atoms with E-state index in [1.54, 1.807) is 25.7 Å². The fourth-order valence-corrected chi connectivity index (χ4v) is 3.85. The first-order chi connectivity index (χ1) is 12.8. The van der Waals surface area contributed by atoms with Gasteiger partial charge in [0.25, 0.3) is 0 Å². The molecule has 160 valence electrons. The summed E-state index contributed by atoms with van der Waals surface area (Å²) >= 11 is 0. The molecule has 8 nitrogen and oxygen atoms in total. The van der Waals surface area contributed by atoms with Crippen LogP contribution in [0.5, 0.6) is 0 Å². The SMILES string of the molecule is CC(C)(C)OC(=O)N1CCC([C@@H]2C[C@H](C(=O)O)N(C(=O)OC(C)(C)C)C2)CC1. The van der Waals surface area contributed by atoms with Gasteiger partial charge in [-0.25, -0.2) is 14.4 Å². The van der Waals surface area contributed by atoms with Crippen molar-refractivity contribution >= 4 is 18.2 Å². The number of carboxylic acids is 1. The van der Waals surface area contributed by atoms with Crippen molar-refractivity contribution < 1.29 is 29.0 Å². The number of carbonyl (C=O) groups is 3. The normalized spacial score (nSPS) is 24.2. The standard InChI is InChI=1S/C20H34N2O6/c1-19(2,3)27-17(25)21-9-7-13(8-10-21)14-11-15(16(23)24)22(12-14)18(26)28-20(4,5)6/h13-15H,7-12H2,1-6H3,(H,23,24)/t14-,15-/m1/s1. The fraction of sp³-hybridized carbons (Fsp3) is 0.850. The molecule has 0 aliphatic carbocycles. The van der Waals surface area contributed by atoms with Crippen molar-refractivity contribution in [3.8, 4) is 0 Å². The Hall–Kier alpha value is -1.99. The average Bonchev–Trinajstić information content (AvgIpc) is 2.97. The number of aliphatic carboxylic acids is 1. The Balaban J connectivity index is 1.95. The van der Waals surface area contributed by atoms with Crippen molar-refractivity contribution in [1.82, 2.24) is 9.80 Å². The summed E-state index contributed by atoms with van der Waals surface area (Å²) in [6.45, 7) is 12.4. The van der Waals surface area contributed by atoms with Crippen molar-refractivity contribution in [3.63, 3.8) is 0 Å². The molecule has 2 amide bonds. The second-order valence-corrected chi connectivity index (χ2v) is 9.79. The van der Waals surface area contributed by atoms with Gasteiger partial charge >= 0.3 is 18.2 Å². The molecular weight excluding hydrogens is 364 g/mol. The second-order valence-electron chi connectivity index (χ2n) is 9.79. The number of hydrogen-bond donors (Lipinski definition) is 1. The number of ether oxygens (including phenoxy) is 2. The van der Waals surface area contributed by atoms with Crippen LogP contribution in [0, 0.1) is 11.8 Å². The predicted octanol–water partition coefficient (Wildman–Crippen LogP) is 3.34. The van der Waals surface area contributed by atoms with Crippen LogP contribution in [0.3, 0.4) is 0 Å². The first-order valence-corrected chi connectivity index (χ1v) is 9.97. The largest absolute Gasteiger partial charge is 0.480 e. The number of carboxylic acid groups (broad SMARTS) is 1. The molecule has 2 fully saturated rings. The second kappa shape index (κ2) is 8.17. The summed E-state index contributed by atoms with van der Waals surface area (Å²) in [5.74, 6) is -0.637. The molecule has 28 heavy (non-hydrogen) atoms. The van der Waals surface area contributed by atoms with Crippen LogP contribution >= 0.6 is 0 Å². The zero-order valence-corrected chi connectivity index (χ0v) is 17.9. The Morgan fingerprint density at radius 3 is 1.82 bits per heavy atom. The Bertz CT molecular complexity index is 599. The quantitative estimate of drug-likeness (QED) is 0.766. The van der Waals surface area contributed by atoms with Crippen LogP contribution in [0.1, 0.15) is 60.8 Å². The van der Waals surface area contributed by atoms with Gasteiger partial charge in [0, 0.05) is 19.6 Å². The van der Waals surface area contributed by atoms with Crippen LogP contribution in [0.15, 0.2) is 0 Å². The highest BCUT2D eigenvalue weighted by atomic mass is 16.6. The maximum Gasteiger partial charge on any atom is 0.411 e. The van der Waals surface area contributed by atoms with Crippen LogP contribution < -0.4 is 0 Å². The van der Waals surface area contributed by atoms with Crippen molar-refractivity contribution in [2.24, 2.45) is 11.8 Å². The molecule has 2 aliphatic rings. The van der Waals surface area contributed by atoms with E-state index in [0.717, 1.165) is 12.8 Å². The van der Waals surface area contributed by atoms with E-state index in [1.165, 1.54) is 4.90 Å². The monoisotopic (exact) mass is 398 g/mol. The highest BCUT2D eigenvalue weighted by Crippen LogP contribution is 2.36. The molecule has 2 saturated heterocycles. The molecule has 0 aromatic rings. The van der Waals surface area contributed by atoms with Gasteiger partial charge in [0.2, 0.25) is 0 Å². The predicted molar refractivity (Wildman–Crippen MR) is 103 cm³/mol. The van der Waals surface area contributed by atoms with Crippen LogP contribution in [0.4, 0.5) is 9.59 Å². The number of likely N-dealkylation sites (tertiary alicyclic amines) is 2. The van der Waals surface area contributed by atoms with E-state index in [4.69, 9.17) is 9.47 Å². The maximum absolute atomic E-state index is 12.4. The van der Waals surface area contributed by atoms with Gasteiger partial charge in [-0.3, -0.25) is 4.90 Å². The number of hydrogen-bond acceptors (Lipinski definition) is 5. The van der Waals surface area contributed by atoms with E-state index in [1.807, 2.05) is 20.8 Å². The lowest BCUT2D eigenvalue weighted by atomic mass is 9.83. The van der Waals surface area contributed by atoms with Gasteiger partial charge < -0.3 is 19.5 Å². The van der Waals surface area contributed by atoms with Crippen LogP contribution in [-0.4, -0.2) is 69.9 Å². The Morgan fingerprint density at radius 2 is 1.36 bits per heavy atom. The Labute approximate surface area is 167 Å². The van der Waals surface area contributed by atoms with Gasteiger partial charge in [0.1, 0.15) is 17.2 Å². The summed E-state index contributed by atoms with van der Waals surface area (Å²) in [5.41, 5.74) is -1.20. The molecule has 0 bridgehead atoms. The lowest BCUT2D eigenvalue weighted by Crippen LogP contribution is -2.44. The van der Waals surface area contributed by atoms with Crippen molar-refractivity contribution in [2.75, 3.05) is 19.6 Å². The molecule has 0 spiro atoms. The molecule has 0 unspecified atom stereocenters. The molecule has 2 atom stereocenters. The molecular formula is C20H34N2O6. The van der Waals surface area contributed by atoms with E-state index < -0.39 is 29.3 Å². The number of rotatable bonds is 2. The number of amides is 2. The lowest BCUT2D eigenvalue weighted by molar-refractivity contribution is -0.142. The average molecular weight is 399 g/mol. The Morgan fingerprint density at radius 1 is 0.857 bits per heavy atom. The minimum absolute atomic E-state index is 0.0920. The first kappa shape index (κ1) is 22.3. The molecule has 0 radical (unpaired) electrons. The van der Waals surface area contributed by atoms with Gasteiger partial charge in [0.05, 0.1) is 0 Å². The van der Waals surface area contributed by atoms with Gasteiger partial charge in [-0.1, -0.05) is 0 Å². The van der Waals surface area contributed by atoms with Gasteiger partial charge in [-0.05, 0) is 72.6 Å². The highest BCUT2D eigenvalue weighted by molar-refractivity contribution is 5.81. The number of nitrogens with zero attached hydrogens (tertiary/aromatic N) is 2. The van der Waals surface area contributed by atoms with Crippen LogP contribution in [0.2, 0.25) is 0 Å². The fourth-order valence-electron chi connectivity index (χ4n) is 3.85. The number of piperidine rings is 1. The smallest absolute Gasteiger partial charge is 0.411 e. The third-order valence-electron chi connectivity index (χ3n) is 5.10.